The Hall–Kier alpha value is -3.26. The SMILES string of the molecule is NCC(=O)NC(CO)C(=O)NC(CCC(=O)O)C(=O)NC(CC(=O)O)C(=O)O. The smallest absolute Gasteiger partial charge is 0.326 e. The fourth-order valence-electron chi connectivity index (χ4n) is 1.90. The molecule has 14 heteroatoms. The van der Waals surface area contributed by atoms with Crippen LogP contribution in [0, 0.1) is 0 Å². The number of nitrogens with two attached hydrogens (primary N) is 1. The summed E-state index contributed by atoms with van der Waals surface area (Å²) < 4.78 is 0. The van der Waals surface area contributed by atoms with Crippen molar-refractivity contribution in [2.75, 3.05) is 13.2 Å². The van der Waals surface area contributed by atoms with Gasteiger partial charge in [-0.15, -0.1) is 0 Å². The normalized spacial score (nSPS) is 13.5. The molecular formula is C14H22N4O10. The van der Waals surface area contributed by atoms with Gasteiger partial charge in [-0.2, -0.15) is 0 Å². The number of carboxylic acids is 3. The van der Waals surface area contributed by atoms with E-state index in [2.05, 4.69) is 10.6 Å². The molecule has 0 aliphatic heterocycles. The molecule has 3 unspecified atom stereocenters. The Labute approximate surface area is 158 Å². The fraction of sp³-hybridized carbons (Fsp3) is 0.571. The molecular weight excluding hydrogens is 384 g/mol. The number of nitrogens with one attached hydrogen (secondary N) is 3. The van der Waals surface area contributed by atoms with Gasteiger partial charge in [0.2, 0.25) is 17.7 Å². The van der Waals surface area contributed by atoms with E-state index in [0.717, 1.165) is 0 Å². The molecule has 28 heavy (non-hydrogen) atoms. The van der Waals surface area contributed by atoms with Crippen LogP contribution in [-0.4, -0.2) is 87.3 Å². The lowest BCUT2D eigenvalue weighted by molar-refractivity contribution is -0.147. The Balaban J connectivity index is 5.27. The number of aliphatic hydroxyl groups excluding tert-OH is 1. The molecule has 0 fully saturated rings. The van der Waals surface area contributed by atoms with Gasteiger partial charge in [-0.25, -0.2) is 4.79 Å². The number of aliphatic hydroxyl groups is 1. The van der Waals surface area contributed by atoms with E-state index in [9.17, 15) is 33.9 Å². The summed E-state index contributed by atoms with van der Waals surface area (Å²) in [7, 11) is 0. The standard InChI is InChI=1S/C14H22N4O10/c15-4-9(20)16-8(5-19)13(26)17-6(1-2-10(21)22)12(25)18-7(14(27)28)3-11(23)24/h6-8,19H,1-5,15H2,(H,16,20)(H,17,26)(H,18,25)(H,21,22)(H,23,24)(H,27,28). The number of aliphatic carboxylic acids is 3. The molecule has 158 valence electrons. The molecule has 0 radical (unpaired) electrons. The summed E-state index contributed by atoms with van der Waals surface area (Å²) in [6.45, 7) is -1.34. The van der Waals surface area contributed by atoms with Gasteiger partial charge >= 0.3 is 17.9 Å². The van der Waals surface area contributed by atoms with E-state index in [1.165, 1.54) is 0 Å². The average Bonchev–Trinajstić information content (AvgIpc) is 2.61. The fourth-order valence-corrected chi connectivity index (χ4v) is 1.90. The highest BCUT2D eigenvalue weighted by Crippen LogP contribution is 2.02. The first kappa shape index (κ1) is 24.7. The van der Waals surface area contributed by atoms with Gasteiger partial charge in [0.25, 0.3) is 0 Å². The minimum Gasteiger partial charge on any atom is -0.481 e. The topological polar surface area (TPSA) is 245 Å². The first-order chi connectivity index (χ1) is 13.0. The summed E-state index contributed by atoms with van der Waals surface area (Å²) in [6.07, 6.45) is -2.00. The molecule has 0 spiro atoms. The summed E-state index contributed by atoms with van der Waals surface area (Å²) in [6, 6.07) is -4.88. The van der Waals surface area contributed by atoms with Crippen LogP contribution in [0.4, 0.5) is 0 Å². The Morgan fingerprint density at radius 3 is 1.75 bits per heavy atom. The zero-order valence-electron chi connectivity index (χ0n) is 14.6. The van der Waals surface area contributed by atoms with Crippen LogP contribution in [-0.2, 0) is 28.8 Å². The van der Waals surface area contributed by atoms with Gasteiger partial charge in [-0.1, -0.05) is 0 Å². The number of amides is 3. The van der Waals surface area contributed by atoms with Crippen LogP contribution in [0.1, 0.15) is 19.3 Å². The molecule has 0 aromatic carbocycles. The predicted molar refractivity (Wildman–Crippen MR) is 88.7 cm³/mol. The lowest BCUT2D eigenvalue weighted by Crippen LogP contribution is -2.57. The Morgan fingerprint density at radius 1 is 0.786 bits per heavy atom. The molecule has 0 aromatic heterocycles. The van der Waals surface area contributed by atoms with Crippen LogP contribution in [0.5, 0.6) is 0 Å². The number of hydrogen-bond acceptors (Lipinski definition) is 8. The van der Waals surface area contributed by atoms with E-state index >= 15 is 0 Å². The summed E-state index contributed by atoms with van der Waals surface area (Å²) in [5.41, 5.74) is 5.07. The highest BCUT2D eigenvalue weighted by atomic mass is 16.4. The van der Waals surface area contributed by atoms with Crippen molar-refractivity contribution in [3.8, 4) is 0 Å². The second-order valence-corrected chi connectivity index (χ2v) is 5.50. The zero-order chi connectivity index (χ0) is 21.9. The van der Waals surface area contributed by atoms with Crippen molar-refractivity contribution in [1.82, 2.24) is 16.0 Å². The quantitative estimate of drug-likeness (QED) is 0.146. The van der Waals surface area contributed by atoms with Crippen LogP contribution < -0.4 is 21.7 Å². The van der Waals surface area contributed by atoms with E-state index < -0.39 is 86.2 Å². The van der Waals surface area contributed by atoms with Crippen molar-refractivity contribution >= 4 is 35.6 Å². The molecule has 3 atom stereocenters. The van der Waals surface area contributed by atoms with E-state index in [0.29, 0.717) is 0 Å². The van der Waals surface area contributed by atoms with E-state index in [-0.39, 0.29) is 0 Å². The van der Waals surface area contributed by atoms with Gasteiger partial charge in [0, 0.05) is 6.42 Å². The van der Waals surface area contributed by atoms with Crippen molar-refractivity contribution in [2.45, 2.75) is 37.4 Å². The predicted octanol–water partition coefficient (Wildman–Crippen LogP) is -4.18. The second kappa shape index (κ2) is 12.2. The third-order valence-corrected chi connectivity index (χ3v) is 3.29. The van der Waals surface area contributed by atoms with Crippen LogP contribution in [0.15, 0.2) is 0 Å². The molecule has 9 N–H and O–H groups in total. The van der Waals surface area contributed by atoms with Crippen LogP contribution in [0.2, 0.25) is 0 Å². The molecule has 0 saturated heterocycles. The number of carbonyl (C=O) groups excluding carboxylic acids is 3. The van der Waals surface area contributed by atoms with Crippen molar-refractivity contribution in [1.29, 1.82) is 0 Å². The summed E-state index contributed by atoms with van der Waals surface area (Å²) in [5.74, 6) is -7.47. The van der Waals surface area contributed by atoms with Crippen molar-refractivity contribution in [3.63, 3.8) is 0 Å². The van der Waals surface area contributed by atoms with Crippen LogP contribution >= 0.6 is 0 Å². The molecule has 0 aliphatic rings. The number of rotatable bonds is 13. The Bertz CT molecular complexity index is 623. The minimum absolute atomic E-state index is 0.463. The molecule has 0 saturated carbocycles. The molecule has 0 bridgehead atoms. The first-order valence-corrected chi connectivity index (χ1v) is 7.89. The summed E-state index contributed by atoms with van der Waals surface area (Å²) in [4.78, 5) is 68.0. The maximum Gasteiger partial charge on any atom is 0.326 e. The molecule has 0 aliphatic carbocycles. The Morgan fingerprint density at radius 2 is 1.32 bits per heavy atom. The lowest BCUT2D eigenvalue weighted by atomic mass is 10.1. The third kappa shape index (κ3) is 9.44. The van der Waals surface area contributed by atoms with Gasteiger partial charge in [-0.05, 0) is 6.42 Å². The molecule has 14 nitrogen and oxygen atoms in total. The molecule has 0 aromatic rings. The maximum absolute atomic E-state index is 12.2. The summed E-state index contributed by atoms with van der Waals surface area (Å²) >= 11 is 0. The van der Waals surface area contributed by atoms with Gasteiger partial charge in [-0.3, -0.25) is 24.0 Å². The van der Waals surface area contributed by atoms with Crippen molar-refractivity contribution < 1.29 is 49.2 Å². The monoisotopic (exact) mass is 406 g/mol. The maximum atomic E-state index is 12.2. The van der Waals surface area contributed by atoms with Gasteiger partial charge in [0.05, 0.1) is 19.6 Å². The highest BCUT2D eigenvalue weighted by Gasteiger charge is 2.30. The van der Waals surface area contributed by atoms with Gasteiger partial charge in [0.1, 0.15) is 18.1 Å². The van der Waals surface area contributed by atoms with Gasteiger partial charge in [0.15, 0.2) is 0 Å². The second-order valence-electron chi connectivity index (χ2n) is 5.50. The number of carboxylic acid groups (broad SMARTS) is 3. The number of hydrogen-bond donors (Lipinski definition) is 8. The Kier molecular flexibility index (Phi) is 10.8. The van der Waals surface area contributed by atoms with Crippen LogP contribution in [0.3, 0.4) is 0 Å². The van der Waals surface area contributed by atoms with Crippen molar-refractivity contribution in [2.24, 2.45) is 5.73 Å². The average molecular weight is 406 g/mol. The molecule has 0 rings (SSSR count). The summed E-state index contributed by atoms with van der Waals surface area (Å²) in [5, 5.41) is 41.6. The molecule has 3 amide bonds. The lowest BCUT2D eigenvalue weighted by Gasteiger charge is -2.23. The number of carbonyl (C=O) groups is 6. The van der Waals surface area contributed by atoms with Crippen molar-refractivity contribution in [3.05, 3.63) is 0 Å². The molecule has 0 heterocycles. The third-order valence-electron chi connectivity index (χ3n) is 3.29. The van der Waals surface area contributed by atoms with E-state index in [1.54, 1.807) is 0 Å². The zero-order valence-corrected chi connectivity index (χ0v) is 14.6. The van der Waals surface area contributed by atoms with Crippen LogP contribution in [0.25, 0.3) is 0 Å². The van der Waals surface area contributed by atoms with Gasteiger partial charge < -0.3 is 42.1 Å². The highest BCUT2D eigenvalue weighted by molar-refractivity contribution is 5.94. The minimum atomic E-state index is -1.82. The van der Waals surface area contributed by atoms with E-state index in [1.807, 2.05) is 5.32 Å². The largest absolute Gasteiger partial charge is 0.481 e. The van der Waals surface area contributed by atoms with E-state index in [4.69, 9.17) is 21.1 Å². The first-order valence-electron chi connectivity index (χ1n) is 7.89.